The van der Waals surface area contributed by atoms with Gasteiger partial charge in [0, 0.05) is 5.56 Å². The van der Waals surface area contributed by atoms with Crippen molar-refractivity contribution in [2.75, 3.05) is 6.61 Å². The number of benzene rings is 2. The summed E-state index contributed by atoms with van der Waals surface area (Å²) in [4.78, 5) is 0. The van der Waals surface area contributed by atoms with Crippen molar-refractivity contribution in [3.05, 3.63) is 64.7 Å². The standard InChI is InChI=1S/C25H30F2O/c1-3-5-7-8-10-20-11-13-21(14-12-20)15-16-22-17-18-23(25(27)24(22)26)28-19-9-6-4-2/h11-14,17-18H,3-10,19H2,1-2H3. The van der Waals surface area contributed by atoms with Crippen LogP contribution >= 0.6 is 0 Å². The Balaban J connectivity index is 1.98. The fourth-order valence-corrected chi connectivity index (χ4v) is 2.92. The lowest BCUT2D eigenvalue weighted by Gasteiger charge is -2.08. The van der Waals surface area contributed by atoms with Crippen LogP contribution in [0.5, 0.6) is 5.75 Å². The highest BCUT2D eigenvalue weighted by molar-refractivity contribution is 5.46. The zero-order chi connectivity index (χ0) is 20.2. The maximum atomic E-state index is 14.2. The van der Waals surface area contributed by atoms with Crippen LogP contribution in [-0.4, -0.2) is 6.61 Å². The van der Waals surface area contributed by atoms with Crippen LogP contribution < -0.4 is 4.74 Å². The van der Waals surface area contributed by atoms with Gasteiger partial charge in [0.2, 0.25) is 5.82 Å². The molecule has 3 heteroatoms. The molecule has 2 aromatic rings. The Morgan fingerprint density at radius 1 is 0.750 bits per heavy atom. The van der Waals surface area contributed by atoms with Gasteiger partial charge in [-0.1, -0.05) is 69.9 Å². The minimum Gasteiger partial charge on any atom is -0.490 e. The minimum atomic E-state index is -0.967. The predicted molar refractivity (Wildman–Crippen MR) is 112 cm³/mol. The second-order valence-corrected chi connectivity index (χ2v) is 7.05. The monoisotopic (exact) mass is 384 g/mol. The molecule has 0 aliphatic heterocycles. The molecule has 0 aliphatic rings. The van der Waals surface area contributed by atoms with E-state index in [-0.39, 0.29) is 11.3 Å². The van der Waals surface area contributed by atoms with E-state index in [1.165, 1.54) is 43.4 Å². The molecule has 0 bridgehead atoms. The van der Waals surface area contributed by atoms with E-state index in [0.29, 0.717) is 6.61 Å². The molecule has 0 radical (unpaired) electrons. The molecule has 150 valence electrons. The summed E-state index contributed by atoms with van der Waals surface area (Å²) >= 11 is 0. The molecule has 0 aliphatic carbocycles. The van der Waals surface area contributed by atoms with Crippen molar-refractivity contribution in [3.8, 4) is 17.6 Å². The molecule has 0 saturated heterocycles. The van der Waals surface area contributed by atoms with Gasteiger partial charge < -0.3 is 4.74 Å². The van der Waals surface area contributed by atoms with E-state index in [1.807, 2.05) is 12.1 Å². The van der Waals surface area contributed by atoms with E-state index in [0.717, 1.165) is 31.2 Å². The summed E-state index contributed by atoms with van der Waals surface area (Å²) in [5, 5.41) is 0. The molecule has 0 spiro atoms. The first kappa shape index (κ1) is 22.0. The van der Waals surface area contributed by atoms with Crippen molar-refractivity contribution in [1.82, 2.24) is 0 Å². The van der Waals surface area contributed by atoms with Gasteiger partial charge in [-0.2, -0.15) is 4.39 Å². The number of hydrogen-bond acceptors (Lipinski definition) is 1. The predicted octanol–water partition coefficient (Wildman–Crippen LogP) is 7.06. The first-order chi connectivity index (χ1) is 13.7. The van der Waals surface area contributed by atoms with E-state index in [1.54, 1.807) is 0 Å². The summed E-state index contributed by atoms with van der Waals surface area (Å²) in [7, 11) is 0. The van der Waals surface area contributed by atoms with Gasteiger partial charge >= 0.3 is 0 Å². The van der Waals surface area contributed by atoms with Gasteiger partial charge in [0.15, 0.2) is 11.6 Å². The highest BCUT2D eigenvalue weighted by atomic mass is 19.2. The third kappa shape index (κ3) is 7.00. The van der Waals surface area contributed by atoms with Crippen molar-refractivity contribution in [3.63, 3.8) is 0 Å². The molecule has 1 nitrogen and oxygen atoms in total. The fourth-order valence-electron chi connectivity index (χ4n) is 2.92. The summed E-state index contributed by atoms with van der Waals surface area (Å²) in [6.45, 7) is 4.67. The van der Waals surface area contributed by atoms with Crippen molar-refractivity contribution in [1.29, 1.82) is 0 Å². The Hall–Kier alpha value is -2.34. The molecule has 0 saturated carbocycles. The maximum Gasteiger partial charge on any atom is 0.201 e. The Labute approximate surface area is 168 Å². The third-order valence-corrected chi connectivity index (χ3v) is 4.67. The van der Waals surface area contributed by atoms with Crippen molar-refractivity contribution in [2.45, 2.75) is 65.2 Å². The Morgan fingerprint density at radius 2 is 1.46 bits per heavy atom. The molecule has 0 N–H and O–H groups in total. The largest absolute Gasteiger partial charge is 0.490 e. The summed E-state index contributed by atoms with van der Waals surface area (Å²) in [6.07, 6.45) is 8.89. The van der Waals surface area contributed by atoms with Crippen LogP contribution in [0.25, 0.3) is 0 Å². The second-order valence-electron chi connectivity index (χ2n) is 7.05. The molecular formula is C25H30F2O. The van der Waals surface area contributed by atoms with Crippen LogP contribution in [0, 0.1) is 23.5 Å². The van der Waals surface area contributed by atoms with Crippen LogP contribution in [0.3, 0.4) is 0 Å². The molecule has 28 heavy (non-hydrogen) atoms. The van der Waals surface area contributed by atoms with Gasteiger partial charge in [0.1, 0.15) is 0 Å². The zero-order valence-electron chi connectivity index (χ0n) is 17.0. The quantitative estimate of drug-likeness (QED) is 0.315. The van der Waals surface area contributed by atoms with Gasteiger partial charge in [-0.05, 0) is 49.1 Å². The lowest BCUT2D eigenvalue weighted by Crippen LogP contribution is -2.01. The first-order valence-corrected chi connectivity index (χ1v) is 10.4. The third-order valence-electron chi connectivity index (χ3n) is 4.67. The van der Waals surface area contributed by atoms with E-state index in [2.05, 4.69) is 37.8 Å². The van der Waals surface area contributed by atoms with E-state index in [9.17, 15) is 8.78 Å². The van der Waals surface area contributed by atoms with Gasteiger partial charge in [-0.15, -0.1) is 0 Å². The van der Waals surface area contributed by atoms with Crippen LogP contribution in [0.1, 0.15) is 75.5 Å². The molecule has 0 aromatic heterocycles. The number of unbranched alkanes of at least 4 members (excludes halogenated alkanes) is 5. The molecular weight excluding hydrogens is 354 g/mol. The minimum absolute atomic E-state index is 0.0436. The van der Waals surface area contributed by atoms with Crippen LogP contribution in [0.15, 0.2) is 36.4 Å². The molecule has 0 heterocycles. The average Bonchev–Trinajstić information content (AvgIpc) is 2.72. The molecule has 0 atom stereocenters. The summed E-state index contributed by atoms with van der Waals surface area (Å²) in [5.74, 6) is 3.68. The molecule has 0 unspecified atom stereocenters. The lowest BCUT2D eigenvalue weighted by atomic mass is 10.0. The van der Waals surface area contributed by atoms with Crippen molar-refractivity contribution in [2.24, 2.45) is 0 Å². The Kier molecular flexibility index (Phi) is 9.55. The number of rotatable bonds is 10. The Bertz CT molecular complexity index is 785. The van der Waals surface area contributed by atoms with Gasteiger partial charge in [-0.25, -0.2) is 4.39 Å². The zero-order valence-corrected chi connectivity index (χ0v) is 17.0. The topological polar surface area (TPSA) is 9.23 Å². The first-order valence-electron chi connectivity index (χ1n) is 10.4. The van der Waals surface area contributed by atoms with Crippen LogP contribution in [0.4, 0.5) is 8.78 Å². The highest BCUT2D eigenvalue weighted by Gasteiger charge is 2.13. The van der Waals surface area contributed by atoms with E-state index in [4.69, 9.17) is 4.74 Å². The smallest absolute Gasteiger partial charge is 0.201 e. The van der Waals surface area contributed by atoms with Gasteiger partial charge in [0.05, 0.1) is 12.2 Å². The molecule has 2 rings (SSSR count). The number of ether oxygens (including phenoxy) is 1. The summed E-state index contributed by atoms with van der Waals surface area (Å²) < 4.78 is 33.7. The van der Waals surface area contributed by atoms with Crippen molar-refractivity contribution >= 4 is 0 Å². The average molecular weight is 385 g/mol. The highest BCUT2D eigenvalue weighted by Crippen LogP contribution is 2.22. The van der Waals surface area contributed by atoms with Crippen LogP contribution in [0.2, 0.25) is 0 Å². The van der Waals surface area contributed by atoms with Gasteiger partial charge in [0.25, 0.3) is 0 Å². The fraction of sp³-hybridized carbons (Fsp3) is 0.440. The van der Waals surface area contributed by atoms with Gasteiger partial charge in [-0.3, -0.25) is 0 Å². The summed E-state index contributed by atoms with van der Waals surface area (Å²) in [6, 6.07) is 10.9. The number of aryl methyl sites for hydroxylation is 1. The Morgan fingerprint density at radius 3 is 2.18 bits per heavy atom. The van der Waals surface area contributed by atoms with Crippen LogP contribution in [-0.2, 0) is 6.42 Å². The molecule has 0 fully saturated rings. The normalized spacial score (nSPS) is 10.4. The number of halogens is 2. The summed E-state index contributed by atoms with van der Waals surface area (Å²) in [5.41, 5.74) is 2.11. The number of hydrogen-bond donors (Lipinski definition) is 0. The maximum absolute atomic E-state index is 14.2. The molecule has 0 amide bonds. The van der Waals surface area contributed by atoms with Crippen molar-refractivity contribution < 1.29 is 13.5 Å². The van der Waals surface area contributed by atoms with E-state index < -0.39 is 11.6 Å². The molecule has 2 aromatic carbocycles. The lowest BCUT2D eigenvalue weighted by molar-refractivity contribution is 0.286. The van der Waals surface area contributed by atoms with E-state index >= 15 is 0 Å². The SMILES string of the molecule is CCCCCCc1ccc(C#Cc2ccc(OCCCCC)c(F)c2F)cc1. The second kappa shape index (κ2) is 12.2.